The Labute approximate surface area is 96.2 Å². The van der Waals surface area contributed by atoms with Crippen LogP contribution in [0.2, 0.25) is 0 Å². The molecule has 0 spiro atoms. The summed E-state index contributed by atoms with van der Waals surface area (Å²) < 4.78 is 24.9. The monoisotopic (exact) mass is 238 g/mol. The highest BCUT2D eigenvalue weighted by atomic mass is 32.2. The minimum Gasteiger partial charge on any atom is -0.269 e. The summed E-state index contributed by atoms with van der Waals surface area (Å²) in [5.41, 5.74) is 0.611. The summed E-state index contributed by atoms with van der Waals surface area (Å²) in [7, 11) is -3.30. The zero-order chi connectivity index (χ0) is 12.0. The van der Waals surface area contributed by atoms with Crippen LogP contribution in [-0.2, 0) is 10.0 Å². The molecule has 0 amide bonds. The Morgan fingerprint density at radius 1 is 1.31 bits per heavy atom. The molecule has 1 aromatic rings. The maximum Gasteiger partial charge on any atom is 0.234 e. The first-order valence-corrected chi connectivity index (χ1v) is 6.65. The third-order valence-electron chi connectivity index (χ3n) is 2.17. The molecular formula is C11H14N2O2S. The smallest absolute Gasteiger partial charge is 0.234 e. The van der Waals surface area contributed by atoms with Crippen LogP contribution in [0.25, 0.3) is 0 Å². The Balaban J connectivity index is 3.03. The first-order valence-electron chi connectivity index (χ1n) is 5.04. The van der Waals surface area contributed by atoms with Crippen molar-refractivity contribution in [2.75, 3.05) is 16.6 Å². The van der Waals surface area contributed by atoms with Crippen molar-refractivity contribution >= 4 is 15.7 Å². The van der Waals surface area contributed by atoms with Gasteiger partial charge in [0.15, 0.2) is 0 Å². The van der Waals surface area contributed by atoms with Crippen LogP contribution in [0.4, 0.5) is 5.69 Å². The lowest BCUT2D eigenvalue weighted by molar-refractivity contribution is 0.592. The molecule has 0 atom stereocenters. The van der Waals surface area contributed by atoms with E-state index in [2.05, 4.69) is 0 Å². The molecule has 0 aliphatic carbocycles. The predicted molar refractivity (Wildman–Crippen MR) is 63.5 cm³/mol. The van der Waals surface area contributed by atoms with Gasteiger partial charge in [0, 0.05) is 6.54 Å². The van der Waals surface area contributed by atoms with Gasteiger partial charge in [-0.3, -0.25) is 4.31 Å². The van der Waals surface area contributed by atoms with Gasteiger partial charge in [0.25, 0.3) is 0 Å². The van der Waals surface area contributed by atoms with Gasteiger partial charge in [0.1, 0.15) is 0 Å². The van der Waals surface area contributed by atoms with E-state index in [0.29, 0.717) is 5.69 Å². The molecule has 16 heavy (non-hydrogen) atoms. The summed E-state index contributed by atoms with van der Waals surface area (Å²) in [6.45, 7) is 1.80. The number of hydrogen-bond donors (Lipinski definition) is 0. The van der Waals surface area contributed by atoms with Gasteiger partial charge in [-0.2, -0.15) is 5.26 Å². The molecule has 0 saturated heterocycles. The van der Waals surface area contributed by atoms with Gasteiger partial charge in [-0.05, 0) is 19.1 Å². The van der Waals surface area contributed by atoms with E-state index >= 15 is 0 Å². The third-order valence-corrected chi connectivity index (χ3v) is 3.97. The molecule has 0 aromatic heterocycles. The SMILES string of the molecule is CCS(=O)(=O)N(CCC#N)c1ccccc1. The topological polar surface area (TPSA) is 61.2 Å². The van der Waals surface area contributed by atoms with Crippen LogP contribution in [0.15, 0.2) is 30.3 Å². The Morgan fingerprint density at radius 2 is 1.94 bits per heavy atom. The lowest BCUT2D eigenvalue weighted by Gasteiger charge is -2.22. The van der Waals surface area contributed by atoms with Crippen LogP contribution >= 0.6 is 0 Å². The molecule has 0 bridgehead atoms. The van der Waals surface area contributed by atoms with Gasteiger partial charge >= 0.3 is 0 Å². The maximum absolute atomic E-state index is 11.8. The molecule has 86 valence electrons. The second-order valence-corrected chi connectivity index (χ2v) is 5.40. The van der Waals surface area contributed by atoms with Crippen molar-refractivity contribution < 1.29 is 8.42 Å². The average Bonchev–Trinajstić information content (AvgIpc) is 2.31. The molecule has 0 aliphatic rings. The average molecular weight is 238 g/mol. The first kappa shape index (κ1) is 12.5. The van der Waals surface area contributed by atoms with E-state index in [1.807, 2.05) is 12.1 Å². The molecule has 0 aliphatic heterocycles. The molecule has 4 nitrogen and oxygen atoms in total. The van der Waals surface area contributed by atoms with Gasteiger partial charge in [-0.1, -0.05) is 18.2 Å². The Kier molecular flexibility index (Phi) is 4.32. The van der Waals surface area contributed by atoms with Crippen LogP contribution in [-0.4, -0.2) is 20.7 Å². The van der Waals surface area contributed by atoms with E-state index in [1.54, 1.807) is 31.2 Å². The van der Waals surface area contributed by atoms with Crippen molar-refractivity contribution in [1.82, 2.24) is 0 Å². The molecule has 0 heterocycles. The zero-order valence-electron chi connectivity index (χ0n) is 9.13. The van der Waals surface area contributed by atoms with Gasteiger partial charge in [0.05, 0.1) is 23.9 Å². The largest absolute Gasteiger partial charge is 0.269 e. The second-order valence-electron chi connectivity index (χ2n) is 3.22. The summed E-state index contributed by atoms with van der Waals surface area (Å²) in [6.07, 6.45) is 0.189. The van der Waals surface area contributed by atoms with Gasteiger partial charge in [-0.25, -0.2) is 8.42 Å². The zero-order valence-corrected chi connectivity index (χ0v) is 9.94. The summed E-state index contributed by atoms with van der Waals surface area (Å²) in [4.78, 5) is 0. The number of rotatable bonds is 5. The Hall–Kier alpha value is -1.54. The van der Waals surface area contributed by atoms with E-state index in [9.17, 15) is 8.42 Å². The number of anilines is 1. The van der Waals surface area contributed by atoms with Crippen LogP contribution in [0.5, 0.6) is 0 Å². The van der Waals surface area contributed by atoms with E-state index in [-0.39, 0.29) is 18.7 Å². The summed E-state index contributed by atoms with van der Waals surface area (Å²) in [5.74, 6) is 0.0350. The molecule has 0 unspecified atom stereocenters. The molecule has 1 rings (SSSR count). The van der Waals surface area contributed by atoms with Gasteiger partial charge in [0.2, 0.25) is 10.0 Å². The van der Waals surface area contributed by atoms with E-state index in [0.717, 1.165) is 0 Å². The summed E-state index contributed by atoms with van der Waals surface area (Å²) in [5, 5.41) is 8.53. The Morgan fingerprint density at radius 3 is 2.44 bits per heavy atom. The summed E-state index contributed by atoms with van der Waals surface area (Å²) >= 11 is 0. The van der Waals surface area contributed by atoms with E-state index in [4.69, 9.17) is 5.26 Å². The number of hydrogen-bond acceptors (Lipinski definition) is 3. The van der Waals surface area contributed by atoms with Crippen molar-refractivity contribution in [2.24, 2.45) is 0 Å². The van der Waals surface area contributed by atoms with Crippen LogP contribution in [0, 0.1) is 11.3 Å². The third kappa shape index (κ3) is 2.97. The van der Waals surface area contributed by atoms with Gasteiger partial charge < -0.3 is 0 Å². The molecule has 0 N–H and O–H groups in total. The van der Waals surface area contributed by atoms with Crippen molar-refractivity contribution in [3.63, 3.8) is 0 Å². The fourth-order valence-corrected chi connectivity index (χ4v) is 2.45. The van der Waals surface area contributed by atoms with Crippen LogP contribution < -0.4 is 4.31 Å². The highest BCUT2D eigenvalue weighted by Gasteiger charge is 2.19. The standard InChI is InChI=1S/C11H14N2O2S/c1-2-16(14,15)13(10-6-9-12)11-7-4-3-5-8-11/h3-5,7-8H,2,6,10H2,1H3. The fraction of sp³-hybridized carbons (Fsp3) is 0.364. The van der Waals surface area contributed by atoms with E-state index in [1.165, 1.54) is 4.31 Å². The number of sulfonamides is 1. The summed E-state index contributed by atoms with van der Waals surface area (Å²) in [6, 6.07) is 10.8. The van der Waals surface area contributed by atoms with Crippen molar-refractivity contribution in [1.29, 1.82) is 5.26 Å². The first-order chi connectivity index (χ1) is 7.61. The normalized spacial score (nSPS) is 10.8. The van der Waals surface area contributed by atoms with Crippen LogP contribution in [0.3, 0.4) is 0 Å². The van der Waals surface area contributed by atoms with Crippen molar-refractivity contribution in [3.05, 3.63) is 30.3 Å². The minimum atomic E-state index is -3.30. The lowest BCUT2D eigenvalue weighted by atomic mass is 10.3. The molecule has 0 radical (unpaired) electrons. The van der Waals surface area contributed by atoms with Gasteiger partial charge in [-0.15, -0.1) is 0 Å². The highest BCUT2D eigenvalue weighted by Crippen LogP contribution is 2.17. The highest BCUT2D eigenvalue weighted by molar-refractivity contribution is 7.92. The van der Waals surface area contributed by atoms with Crippen molar-refractivity contribution in [3.8, 4) is 6.07 Å². The van der Waals surface area contributed by atoms with Crippen molar-refractivity contribution in [2.45, 2.75) is 13.3 Å². The quantitative estimate of drug-likeness (QED) is 0.785. The molecule has 0 saturated carbocycles. The second kappa shape index (κ2) is 5.52. The van der Waals surface area contributed by atoms with Crippen LogP contribution in [0.1, 0.15) is 13.3 Å². The Bertz CT molecular complexity index is 463. The molecule has 5 heteroatoms. The minimum absolute atomic E-state index is 0.0350. The number of benzene rings is 1. The van der Waals surface area contributed by atoms with E-state index < -0.39 is 10.0 Å². The fourth-order valence-electron chi connectivity index (χ4n) is 1.33. The number of para-hydroxylation sites is 1. The lowest BCUT2D eigenvalue weighted by Crippen LogP contribution is -2.33. The molecule has 1 aromatic carbocycles. The number of nitriles is 1. The molecular weight excluding hydrogens is 224 g/mol. The number of nitrogens with zero attached hydrogens (tertiary/aromatic N) is 2. The molecule has 0 fully saturated rings. The predicted octanol–water partition coefficient (Wildman–Crippen LogP) is 1.76. The maximum atomic E-state index is 11.8.